The predicted molar refractivity (Wildman–Crippen MR) is 107 cm³/mol. The molecule has 0 saturated heterocycles. The van der Waals surface area contributed by atoms with Gasteiger partial charge in [-0.05, 0) is 41.3 Å². The number of hydrogen-bond acceptors (Lipinski definition) is 1. The first-order valence-electron chi connectivity index (χ1n) is 7.94. The van der Waals surface area contributed by atoms with Crippen LogP contribution in [0.1, 0.15) is 18.1 Å². The van der Waals surface area contributed by atoms with Crippen LogP contribution in [0.5, 0.6) is 0 Å². The Labute approximate surface area is 148 Å². The first kappa shape index (κ1) is 16.2. The fourth-order valence-corrected chi connectivity index (χ4v) is 2.89. The van der Waals surface area contributed by atoms with Crippen molar-refractivity contribution in [2.24, 2.45) is 0 Å². The highest BCUT2D eigenvalue weighted by Gasteiger charge is 2.12. The van der Waals surface area contributed by atoms with Crippen LogP contribution >= 0.6 is 12.2 Å². The van der Waals surface area contributed by atoms with Crippen molar-refractivity contribution >= 4 is 28.5 Å². The largest absolute Gasteiger partial charge is 0.346 e. The van der Waals surface area contributed by atoms with E-state index in [9.17, 15) is 0 Å². The standard InChI is InChI=1S/C22H19NS/c1-17(22(24)23-20-15-9-4-10-16-20)21(18-11-5-2-6-12-18)19-13-7-3-8-14-19/h2-16H,1H3,(H,23,24). The molecule has 0 unspecified atom stereocenters. The molecule has 0 aliphatic carbocycles. The molecule has 0 heterocycles. The zero-order valence-electron chi connectivity index (χ0n) is 13.6. The molecule has 3 aromatic carbocycles. The van der Waals surface area contributed by atoms with Gasteiger partial charge in [0.15, 0.2) is 0 Å². The lowest BCUT2D eigenvalue weighted by molar-refractivity contribution is 1.48. The Morgan fingerprint density at radius 2 is 1.08 bits per heavy atom. The number of thiocarbonyl (C=S) groups is 1. The summed E-state index contributed by atoms with van der Waals surface area (Å²) in [6, 6.07) is 30.8. The predicted octanol–water partition coefficient (Wildman–Crippen LogP) is 5.95. The molecular weight excluding hydrogens is 310 g/mol. The normalized spacial score (nSPS) is 10.0. The average molecular weight is 329 g/mol. The lowest BCUT2D eigenvalue weighted by Gasteiger charge is -2.15. The Bertz CT molecular complexity index is 795. The fraction of sp³-hybridized carbons (Fsp3) is 0.0455. The van der Waals surface area contributed by atoms with Crippen molar-refractivity contribution < 1.29 is 0 Å². The molecule has 24 heavy (non-hydrogen) atoms. The number of rotatable bonds is 4. The van der Waals surface area contributed by atoms with Crippen LogP contribution in [0.3, 0.4) is 0 Å². The Balaban J connectivity index is 2.03. The van der Waals surface area contributed by atoms with Crippen molar-refractivity contribution in [2.45, 2.75) is 6.92 Å². The lowest BCUT2D eigenvalue weighted by atomic mass is 9.93. The average Bonchev–Trinajstić information content (AvgIpc) is 2.64. The Morgan fingerprint density at radius 1 is 0.667 bits per heavy atom. The van der Waals surface area contributed by atoms with Crippen molar-refractivity contribution in [2.75, 3.05) is 5.32 Å². The lowest BCUT2D eigenvalue weighted by Crippen LogP contribution is -2.12. The van der Waals surface area contributed by atoms with E-state index in [1.165, 1.54) is 11.1 Å². The van der Waals surface area contributed by atoms with Crippen LogP contribution in [0.2, 0.25) is 0 Å². The summed E-state index contributed by atoms with van der Waals surface area (Å²) in [7, 11) is 0. The minimum absolute atomic E-state index is 0.740. The highest BCUT2D eigenvalue weighted by atomic mass is 32.1. The smallest absolute Gasteiger partial charge is 0.107 e. The van der Waals surface area contributed by atoms with Crippen LogP contribution in [-0.4, -0.2) is 4.99 Å². The van der Waals surface area contributed by atoms with Crippen molar-refractivity contribution in [3.05, 3.63) is 108 Å². The second-order valence-corrected chi connectivity index (χ2v) is 5.96. The number of anilines is 1. The van der Waals surface area contributed by atoms with Gasteiger partial charge in [-0.1, -0.05) is 91.1 Å². The van der Waals surface area contributed by atoms with Gasteiger partial charge in [-0.3, -0.25) is 0 Å². The van der Waals surface area contributed by atoms with E-state index in [0.29, 0.717) is 0 Å². The van der Waals surface area contributed by atoms with Crippen molar-refractivity contribution in [1.29, 1.82) is 0 Å². The maximum Gasteiger partial charge on any atom is 0.107 e. The highest BCUT2D eigenvalue weighted by Crippen LogP contribution is 2.27. The maximum atomic E-state index is 5.67. The zero-order chi connectivity index (χ0) is 16.8. The van der Waals surface area contributed by atoms with Crippen LogP contribution in [0.15, 0.2) is 96.6 Å². The van der Waals surface area contributed by atoms with Crippen molar-refractivity contribution in [3.63, 3.8) is 0 Å². The van der Waals surface area contributed by atoms with Gasteiger partial charge in [-0.15, -0.1) is 0 Å². The minimum atomic E-state index is 0.740. The second-order valence-electron chi connectivity index (χ2n) is 5.55. The molecule has 3 aromatic rings. The molecule has 0 saturated carbocycles. The van der Waals surface area contributed by atoms with E-state index in [0.717, 1.165) is 21.8 Å². The molecule has 0 atom stereocenters. The van der Waals surface area contributed by atoms with Crippen LogP contribution in [-0.2, 0) is 0 Å². The third-order valence-corrected chi connectivity index (χ3v) is 4.28. The number of para-hydroxylation sites is 1. The van der Waals surface area contributed by atoms with Crippen LogP contribution in [0.4, 0.5) is 5.69 Å². The van der Waals surface area contributed by atoms with Gasteiger partial charge in [0.1, 0.15) is 4.99 Å². The quantitative estimate of drug-likeness (QED) is 0.469. The molecule has 0 aliphatic rings. The second kappa shape index (κ2) is 7.71. The molecule has 0 bridgehead atoms. The molecule has 118 valence electrons. The molecule has 3 rings (SSSR count). The van der Waals surface area contributed by atoms with E-state index in [4.69, 9.17) is 12.2 Å². The Morgan fingerprint density at radius 3 is 1.54 bits per heavy atom. The van der Waals surface area contributed by atoms with Gasteiger partial charge in [0.25, 0.3) is 0 Å². The van der Waals surface area contributed by atoms with Crippen LogP contribution in [0, 0.1) is 0 Å². The van der Waals surface area contributed by atoms with E-state index in [-0.39, 0.29) is 0 Å². The van der Waals surface area contributed by atoms with E-state index in [1.54, 1.807) is 0 Å². The minimum Gasteiger partial charge on any atom is -0.346 e. The monoisotopic (exact) mass is 329 g/mol. The Kier molecular flexibility index (Phi) is 5.19. The molecule has 0 spiro atoms. The molecular formula is C22H19NS. The number of benzene rings is 3. The van der Waals surface area contributed by atoms with Gasteiger partial charge in [0.05, 0.1) is 0 Å². The molecule has 0 fully saturated rings. The SMILES string of the molecule is CC(C(=S)Nc1ccccc1)=C(c1ccccc1)c1ccccc1. The van der Waals surface area contributed by atoms with Gasteiger partial charge >= 0.3 is 0 Å². The van der Waals surface area contributed by atoms with Gasteiger partial charge < -0.3 is 5.32 Å². The van der Waals surface area contributed by atoms with Crippen molar-refractivity contribution in [1.82, 2.24) is 0 Å². The summed E-state index contributed by atoms with van der Waals surface area (Å²) in [6.45, 7) is 2.08. The highest BCUT2D eigenvalue weighted by molar-refractivity contribution is 7.81. The Hall–Kier alpha value is -2.71. The third kappa shape index (κ3) is 3.79. The van der Waals surface area contributed by atoms with E-state index in [2.05, 4.69) is 60.8 Å². The molecule has 0 radical (unpaired) electrons. The molecule has 0 aliphatic heterocycles. The molecule has 2 heteroatoms. The van der Waals surface area contributed by atoms with E-state index in [1.807, 2.05) is 42.5 Å². The first-order chi connectivity index (χ1) is 11.8. The molecule has 1 N–H and O–H groups in total. The zero-order valence-corrected chi connectivity index (χ0v) is 14.4. The summed E-state index contributed by atoms with van der Waals surface area (Å²) in [5.74, 6) is 0. The third-order valence-electron chi connectivity index (χ3n) is 3.87. The number of hydrogen-bond donors (Lipinski definition) is 1. The molecule has 0 amide bonds. The van der Waals surface area contributed by atoms with E-state index < -0.39 is 0 Å². The van der Waals surface area contributed by atoms with Gasteiger partial charge in [-0.25, -0.2) is 0 Å². The van der Waals surface area contributed by atoms with Crippen molar-refractivity contribution in [3.8, 4) is 0 Å². The fourth-order valence-electron chi connectivity index (χ4n) is 2.67. The summed E-state index contributed by atoms with van der Waals surface area (Å²) in [4.78, 5) is 0.740. The maximum absolute atomic E-state index is 5.67. The topological polar surface area (TPSA) is 12.0 Å². The summed E-state index contributed by atoms with van der Waals surface area (Å²) >= 11 is 5.67. The summed E-state index contributed by atoms with van der Waals surface area (Å²) in [5, 5.41) is 3.34. The molecule has 0 aromatic heterocycles. The van der Waals surface area contributed by atoms with Crippen LogP contribution in [0.25, 0.3) is 5.57 Å². The molecule has 1 nitrogen and oxygen atoms in total. The van der Waals surface area contributed by atoms with Gasteiger partial charge in [0, 0.05) is 5.69 Å². The van der Waals surface area contributed by atoms with Gasteiger partial charge in [-0.2, -0.15) is 0 Å². The first-order valence-corrected chi connectivity index (χ1v) is 8.34. The van der Waals surface area contributed by atoms with Gasteiger partial charge in [0.2, 0.25) is 0 Å². The van der Waals surface area contributed by atoms with E-state index >= 15 is 0 Å². The van der Waals surface area contributed by atoms with Crippen LogP contribution < -0.4 is 5.32 Å². The summed E-state index contributed by atoms with van der Waals surface area (Å²) < 4.78 is 0. The summed E-state index contributed by atoms with van der Waals surface area (Å²) in [5.41, 5.74) is 5.55. The summed E-state index contributed by atoms with van der Waals surface area (Å²) in [6.07, 6.45) is 0. The number of nitrogens with one attached hydrogen (secondary N) is 1.